The van der Waals surface area contributed by atoms with E-state index in [2.05, 4.69) is 0 Å². The molecule has 1 aromatic rings. The zero-order valence-electron chi connectivity index (χ0n) is 7.86. The van der Waals surface area contributed by atoms with Crippen LogP contribution in [-0.2, 0) is 0 Å². The van der Waals surface area contributed by atoms with E-state index in [1.165, 1.54) is 18.2 Å². The Morgan fingerprint density at radius 2 is 1.85 bits per heavy atom. The summed E-state index contributed by atoms with van der Waals surface area (Å²) in [7, 11) is 0. The first-order valence-corrected chi connectivity index (χ1v) is 4.30. The quantitative estimate of drug-likeness (QED) is 0.609. The molecule has 0 aliphatic rings. The number of nitrogens with two attached hydrogens (primary N) is 1. The molecular formula is C10H15NO2. The fourth-order valence-electron chi connectivity index (χ4n) is 1.17. The van der Waals surface area contributed by atoms with Crippen LogP contribution in [0, 0.1) is 5.92 Å². The first-order chi connectivity index (χ1) is 6.02. The van der Waals surface area contributed by atoms with E-state index in [9.17, 15) is 10.2 Å². The summed E-state index contributed by atoms with van der Waals surface area (Å²) in [5, 5.41) is 18.7. The molecule has 0 saturated heterocycles. The molecule has 1 atom stereocenters. The van der Waals surface area contributed by atoms with E-state index in [1.807, 2.05) is 13.8 Å². The van der Waals surface area contributed by atoms with Crippen LogP contribution in [0.25, 0.3) is 0 Å². The molecule has 1 rings (SSSR count). The second kappa shape index (κ2) is 3.66. The van der Waals surface area contributed by atoms with Crippen molar-refractivity contribution in [3.63, 3.8) is 0 Å². The molecule has 0 aliphatic carbocycles. The molecular weight excluding hydrogens is 166 g/mol. The number of hydrogen-bond donors (Lipinski definition) is 3. The van der Waals surface area contributed by atoms with Crippen molar-refractivity contribution in [2.75, 3.05) is 0 Å². The fraction of sp³-hybridized carbons (Fsp3) is 0.400. The Morgan fingerprint density at radius 1 is 1.23 bits per heavy atom. The number of aromatic hydroxyl groups is 2. The lowest BCUT2D eigenvalue weighted by molar-refractivity contribution is 0.430. The summed E-state index contributed by atoms with van der Waals surface area (Å²) in [4.78, 5) is 0. The van der Waals surface area contributed by atoms with Crippen molar-refractivity contribution in [2.45, 2.75) is 19.9 Å². The van der Waals surface area contributed by atoms with Gasteiger partial charge in [0, 0.05) is 11.6 Å². The lowest BCUT2D eigenvalue weighted by atomic mass is 9.96. The van der Waals surface area contributed by atoms with Crippen molar-refractivity contribution in [1.82, 2.24) is 0 Å². The van der Waals surface area contributed by atoms with Gasteiger partial charge in [0.05, 0.1) is 0 Å². The van der Waals surface area contributed by atoms with Crippen LogP contribution in [0.4, 0.5) is 0 Å². The van der Waals surface area contributed by atoms with Gasteiger partial charge in [0.25, 0.3) is 0 Å². The van der Waals surface area contributed by atoms with Gasteiger partial charge in [-0.05, 0) is 24.1 Å². The minimum absolute atomic E-state index is 0.129. The topological polar surface area (TPSA) is 66.5 Å². The van der Waals surface area contributed by atoms with Gasteiger partial charge in [0.15, 0.2) is 0 Å². The zero-order chi connectivity index (χ0) is 10.0. The summed E-state index contributed by atoms with van der Waals surface area (Å²) in [6.45, 7) is 3.93. The molecule has 0 saturated carbocycles. The molecule has 13 heavy (non-hydrogen) atoms. The minimum atomic E-state index is -0.243. The highest BCUT2D eigenvalue weighted by Crippen LogP contribution is 2.30. The third-order valence-electron chi connectivity index (χ3n) is 2.09. The largest absolute Gasteiger partial charge is 0.508 e. The Morgan fingerprint density at radius 3 is 2.38 bits per heavy atom. The predicted octanol–water partition coefficient (Wildman–Crippen LogP) is 1.75. The van der Waals surface area contributed by atoms with Crippen LogP contribution in [0.15, 0.2) is 18.2 Å². The van der Waals surface area contributed by atoms with E-state index in [0.717, 1.165) is 0 Å². The monoisotopic (exact) mass is 181 g/mol. The van der Waals surface area contributed by atoms with Crippen LogP contribution in [0.3, 0.4) is 0 Å². The molecule has 0 spiro atoms. The average Bonchev–Trinajstić information content (AvgIpc) is 2.08. The predicted molar refractivity (Wildman–Crippen MR) is 51.5 cm³/mol. The Balaban J connectivity index is 3.05. The first kappa shape index (κ1) is 9.86. The Hall–Kier alpha value is -1.22. The van der Waals surface area contributed by atoms with Crippen LogP contribution in [-0.4, -0.2) is 10.2 Å². The average molecular weight is 181 g/mol. The summed E-state index contributed by atoms with van der Waals surface area (Å²) in [6.07, 6.45) is 0. The van der Waals surface area contributed by atoms with Gasteiger partial charge in [-0.1, -0.05) is 13.8 Å². The minimum Gasteiger partial charge on any atom is -0.508 e. The highest BCUT2D eigenvalue weighted by Gasteiger charge is 2.14. The van der Waals surface area contributed by atoms with Crippen molar-refractivity contribution in [3.8, 4) is 11.5 Å². The summed E-state index contributed by atoms with van der Waals surface area (Å²) in [5.41, 5.74) is 6.43. The molecule has 0 fully saturated rings. The van der Waals surface area contributed by atoms with Gasteiger partial charge in [-0.2, -0.15) is 0 Å². The molecule has 1 unspecified atom stereocenters. The van der Waals surface area contributed by atoms with Gasteiger partial charge >= 0.3 is 0 Å². The normalized spacial score (nSPS) is 13.2. The maximum absolute atomic E-state index is 9.46. The number of phenolic OH excluding ortho intramolecular Hbond substituents is 2. The fourth-order valence-corrected chi connectivity index (χ4v) is 1.17. The number of benzene rings is 1. The van der Waals surface area contributed by atoms with Gasteiger partial charge in [0.1, 0.15) is 11.5 Å². The highest BCUT2D eigenvalue weighted by molar-refractivity contribution is 5.40. The smallest absolute Gasteiger partial charge is 0.120 e. The molecule has 3 nitrogen and oxygen atoms in total. The van der Waals surface area contributed by atoms with E-state index < -0.39 is 0 Å². The summed E-state index contributed by atoms with van der Waals surface area (Å²) >= 11 is 0. The zero-order valence-corrected chi connectivity index (χ0v) is 7.86. The van der Waals surface area contributed by atoms with E-state index in [1.54, 1.807) is 0 Å². The Bertz CT molecular complexity index is 297. The third-order valence-corrected chi connectivity index (χ3v) is 2.09. The summed E-state index contributed by atoms with van der Waals surface area (Å²) in [5.74, 6) is 0.496. The van der Waals surface area contributed by atoms with Crippen LogP contribution in [0.2, 0.25) is 0 Å². The first-order valence-electron chi connectivity index (χ1n) is 4.30. The number of phenols is 2. The summed E-state index contributed by atoms with van der Waals surface area (Å²) < 4.78 is 0. The van der Waals surface area contributed by atoms with Gasteiger partial charge in [-0.3, -0.25) is 0 Å². The second-order valence-electron chi connectivity index (χ2n) is 3.51. The van der Waals surface area contributed by atoms with Crippen molar-refractivity contribution < 1.29 is 10.2 Å². The lowest BCUT2D eigenvalue weighted by Crippen LogP contribution is -2.16. The van der Waals surface area contributed by atoms with Gasteiger partial charge in [-0.25, -0.2) is 0 Å². The number of rotatable bonds is 2. The Kier molecular flexibility index (Phi) is 2.78. The third kappa shape index (κ3) is 2.12. The van der Waals surface area contributed by atoms with Gasteiger partial charge in [0.2, 0.25) is 0 Å². The maximum atomic E-state index is 9.46. The molecule has 72 valence electrons. The maximum Gasteiger partial charge on any atom is 0.120 e. The highest BCUT2D eigenvalue weighted by atomic mass is 16.3. The molecule has 0 heterocycles. The van der Waals surface area contributed by atoms with Crippen molar-refractivity contribution in [2.24, 2.45) is 11.7 Å². The van der Waals surface area contributed by atoms with Crippen molar-refractivity contribution in [3.05, 3.63) is 23.8 Å². The molecule has 3 heteroatoms. The number of hydrogen-bond acceptors (Lipinski definition) is 3. The standard InChI is InChI=1S/C10H15NO2/c1-6(2)10(11)8-5-7(12)3-4-9(8)13/h3-6,10,12-13H,11H2,1-2H3. The molecule has 0 radical (unpaired) electrons. The van der Waals surface area contributed by atoms with Gasteiger partial charge < -0.3 is 15.9 Å². The van der Waals surface area contributed by atoms with E-state index >= 15 is 0 Å². The van der Waals surface area contributed by atoms with E-state index in [4.69, 9.17) is 5.73 Å². The van der Waals surface area contributed by atoms with E-state index in [0.29, 0.717) is 5.56 Å². The SMILES string of the molecule is CC(C)C(N)c1cc(O)ccc1O. The van der Waals surface area contributed by atoms with E-state index in [-0.39, 0.29) is 23.5 Å². The van der Waals surface area contributed by atoms with Crippen LogP contribution >= 0.6 is 0 Å². The van der Waals surface area contributed by atoms with Gasteiger partial charge in [-0.15, -0.1) is 0 Å². The molecule has 0 bridgehead atoms. The Labute approximate surface area is 77.8 Å². The molecule has 0 aromatic heterocycles. The van der Waals surface area contributed by atoms with Crippen molar-refractivity contribution >= 4 is 0 Å². The molecule has 4 N–H and O–H groups in total. The van der Waals surface area contributed by atoms with Crippen LogP contribution in [0.1, 0.15) is 25.5 Å². The van der Waals surface area contributed by atoms with Crippen LogP contribution < -0.4 is 5.73 Å². The van der Waals surface area contributed by atoms with Crippen molar-refractivity contribution in [1.29, 1.82) is 0 Å². The lowest BCUT2D eigenvalue weighted by Gasteiger charge is -2.17. The molecule has 0 amide bonds. The van der Waals surface area contributed by atoms with Crippen LogP contribution in [0.5, 0.6) is 11.5 Å². The second-order valence-corrected chi connectivity index (χ2v) is 3.51. The summed E-state index contributed by atoms with van der Waals surface area (Å²) in [6, 6.07) is 4.14. The molecule has 0 aliphatic heterocycles. The molecule has 1 aromatic carbocycles.